The number of hydrogen-bond acceptors (Lipinski definition) is 5. The molecule has 0 spiro atoms. The third-order valence-corrected chi connectivity index (χ3v) is 4.29. The Morgan fingerprint density at radius 2 is 1.81 bits per heavy atom. The van der Waals surface area contributed by atoms with Crippen LogP contribution in [0.15, 0.2) is 58.5 Å². The zero-order valence-electron chi connectivity index (χ0n) is 15.1. The van der Waals surface area contributed by atoms with Gasteiger partial charge in [0.25, 0.3) is 6.23 Å². The van der Waals surface area contributed by atoms with Gasteiger partial charge in [0.15, 0.2) is 5.84 Å². The average molecular weight is 384 g/mol. The summed E-state index contributed by atoms with van der Waals surface area (Å²) in [5, 5.41) is 0.528. The minimum atomic E-state index is -1.06. The fourth-order valence-electron chi connectivity index (χ4n) is 2.68. The maximum atomic E-state index is 11.9. The predicted molar refractivity (Wildman–Crippen MR) is 105 cm³/mol. The molecular formula is C20H18ClN3O3. The largest absolute Gasteiger partial charge is 0.432 e. The van der Waals surface area contributed by atoms with Crippen LogP contribution >= 0.6 is 11.6 Å². The molecular weight excluding hydrogens is 366 g/mol. The molecule has 27 heavy (non-hydrogen) atoms. The molecule has 0 saturated heterocycles. The maximum absolute atomic E-state index is 11.9. The van der Waals surface area contributed by atoms with E-state index in [4.69, 9.17) is 16.3 Å². The van der Waals surface area contributed by atoms with E-state index in [0.29, 0.717) is 22.0 Å². The van der Waals surface area contributed by atoms with Crippen molar-refractivity contribution in [2.75, 3.05) is 7.05 Å². The second-order valence-electron chi connectivity index (χ2n) is 6.02. The molecule has 0 aromatic heterocycles. The SMILES string of the molecule is CC(=O)OC1N=C(c2ccccc2)c2cc(Cl)ccc2N=C1N(C)C(C)=O. The standard InChI is InChI=1S/C20H18ClN3O3/c1-12(25)24(3)19-20(27-13(2)26)23-18(14-7-5-4-6-8-14)16-11-15(21)9-10-17(16)22-19/h4-11,20H,1-3H3. The number of likely N-dealkylation sites (N-methyl/N-ethyl adjacent to an activating group) is 1. The quantitative estimate of drug-likeness (QED) is 0.744. The number of hydrogen-bond donors (Lipinski definition) is 0. The lowest BCUT2D eigenvalue weighted by Gasteiger charge is -2.22. The Bertz CT molecular complexity index is 954. The predicted octanol–water partition coefficient (Wildman–Crippen LogP) is 3.59. The molecule has 6 nitrogen and oxygen atoms in total. The number of halogens is 1. The Kier molecular flexibility index (Phi) is 5.37. The van der Waals surface area contributed by atoms with E-state index >= 15 is 0 Å². The van der Waals surface area contributed by atoms with Crippen molar-refractivity contribution in [2.24, 2.45) is 9.98 Å². The van der Waals surface area contributed by atoms with Crippen LogP contribution in [-0.2, 0) is 14.3 Å². The fraction of sp³-hybridized carbons (Fsp3) is 0.200. The van der Waals surface area contributed by atoms with E-state index in [9.17, 15) is 9.59 Å². The number of benzene rings is 2. The second-order valence-corrected chi connectivity index (χ2v) is 6.45. The molecule has 0 fully saturated rings. The number of nitrogens with zero attached hydrogens (tertiary/aromatic N) is 3. The van der Waals surface area contributed by atoms with Crippen molar-refractivity contribution in [3.63, 3.8) is 0 Å². The zero-order valence-corrected chi connectivity index (χ0v) is 15.9. The highest BCUT2D eigenvalue weighted by molar-refractivity contribution is 6.31. The van der Waals surface area contributed by atoms with E-state index in [-0.39, 0.29) is 11.7 Å². The highest BCUT2D eigenvalue weighted by Crippen LogP contribution is 2.30. The molecule has 0 aliphatic carbocycles. The first-order chi connectivity index (χ1) is 12.9. The van der Waals surface area contributed by atoms with Gasteiger partial charge < -0.3 is 4.74 Å². The number of carbonyl (C=O) groups excluding carboxylic acids is 2. The van der Waals surface area contributed by atoms with Crippen LogP contribution in [0, 0.1) is 0 Å². The van der Waals surface area contributed by atoms with Gasteiger partial charge in [-0.05, 0) is 18.2 Å². The Hall–Kier alpha value is -2.99. The lowest BCUT2D eigenvalue weighted by Crippen LogP contribution is -2.40. The van der Waals surface area contributed by atoms with Crippen molar-refractivity contribution >= 4 is 40.7 Å². The molecule has 0 radical (unpaired) electrons. The van der Waals surface area contributed by atoms with Crippen molar-refractivity contribution in [3.05, 3.63) is 64.7 Å². The molecule has 138 valence electrons. The van der Waals surface area contributed by atoms with E-state index in [2.05, 4.69) is 9.98 Å². The molecule has 3 rings (SSSR count). The van der Waals surface area contributed by atoms with Gasteiger partial charge in [0.1, 0.15) is 0 Å². The third kappa shape index (κ3) is 4.06. The summed E-state index contributed by atoms with van der Waals surface area (Å²) in [5.74, 6) is -0.545. The summed E-state index contributed by atoms with van der Waals surface area (Å²) in [6.45, 7) is 2.70. The van der Waals surface area contributed by atoms with Crippen LogP contribution in [0.1, 0.15) is 25.0 Å². The molecule has 2 aromatic carbocycles. The lowest BCUT2D eigenvalue weighted by molar-refractivity contribution is -0.143. The van der Waals surface area contributed by atoms with E-state index < -0.39 is 12.2 Å². The molecule has 7 heteroatoms. The van der Waals surface area contributed by atoms with Gasteiger partial charge in [-0.15, -0.1) is 0 Å². The molecule has 1 aliphatic rings. The number of aliphatic imine (C=N–C) groups is 2. The smallest absolute Gasteiger partial charge is 0.304 e. The zero-order chi connectivity index (χ0) is 19.6. The number of ether oxygens (including phenoxy) is 1. The minimum Gasteiger partial charge on any atom is -0.432 e. The molecule has 0 saturated carbocycles. The Morgan fingerprint density at radius 1 is 1.11 bits per heavy atom. The maximum Gasteiger partial charge on any atom is 0.304 e. The molecule has 0 bridgehead atoms. The van der Waals surface area contributed by atoms with Gasteiger partial charge in [0, 0.05) is 37.0 Å². The molecule has 2 aromatic rings. The van der Waals surface area contributed by atoms with Crippen LogP contribution in [0.25, 0.3) is 0 Å². The summed E-state index contributed by atoms with van der Waals surface area (Å²) in [5.41, 5.74) is 2.67. The van der Waals surface area contributed by atoms with Crippen molar-refractivity contribution in [2.45, 2.75) is 20.1 Å². The molecule has 1 heterocycles. The van der Waals surface area contributed by atoms with Crippen molar-refractivity contribution in [1.82, 2.24) is 4.90 Å². The molecule has 1 amide bonds. The van der Waals surface area contributed by atoms with Gasteiger partial charge in [0.2, 0.25) is 5.91 Å². The first-order valence-corrected chi connectivity index (χ1v) is 8.68. The van der Waals surface area contributed by atoms with E-state index in [1.54, 1.807) is 25.2 Å². The van der Waals surface area contributed by atoms with Crippen molar-refractivity contribution < 1.29 is 14.3 Å². The second kappa shape index (κ2) is 7.72. The van der Waals surface area contributed by atoms with Gasteiger partial charge in [0.05, 0.1) is 11.4 Å². The van der Waals surface area contributed by atoms with Crippen LogP contribution < -0.4 is 0 Å². The molecule has 1 aliphatic heterocycles. The highest BCUT2D eigenvalue weighted by Gasteiger charge is 2.29. The fourth-order valence-corrected chi connectivity index (χ4v) is 2.85. The number of amides is 1. The van der Waals surface area contributed by atoms with Gasteiger partial charge in [-0.25, -0.2) is 9.98 Å². The van der Waals surface area contributed by atoms with Gasteiger partial charge >= 0.3 is 5.97 Å². The van der Waals surface area contributed by atoms with Gasteiger partial charge in [-0.3, -0.25) is 14.5 Å². The van der Waals surface area contributed by atoms with Crippen LogP contribution in [0.4, 0.5) is 5.69 Å². The highest BCUT2D eigenvalue weighted by atomic mass is 35.5. The summed E-state index contributed by atoms with van der Waals surface area (Å²) >= 11 is 6.20. The monoisotopic (exact) mass is 383 g/mol. The van der Waals surface area contributed by atoms with Crippen LogP contribution in [0.2, 0.25) is 5.02 Å². The van der Waals surface area contributed by atoms with Crippen molar-refractivity contribution in [3.8, 4) is 0 Å². The van der Waals surface area contributed by atoms with E-state index in [1.165, 1.54) is 18.7 Å². The summed E-state index contributed by atoms with van der Waals surface area (Å²) in [6.07, 6.45) is -1.06. The summed E-state index contributed by atoms with van der Waals surface area (Å²) in [6, 6.07) is 14.7. The first-order valence-electron chi connectivity index (χ1n) is 8.30. The number of amidine groups is 1. The minimum absolute atomic E-state index is 0.229. The molecule has 1 unspecified atom stereocenters. The first kappa shape index (κ1) is 18.8. The number of carbonyl (C=O) groups is 2. The summed E-state index contributed by atoms with van der Waals surface area (Å²) in [4.78, 5) is 34.1. The number of fused-ring (bicyclic) bond motifs is 1. The molecule has 0 N–H and O–H groups in total. The Labute approximate surface area is 162 Å². The van der Waals surface area contributed by atoms with Crippen LogP contribution in [-0.4, -0.2) is 41.6 Å². The van der Waals surface area contributed by atoms with E-state index in [1.807, 2.05) is 30.3 Å². The normalized spacial score (nSPS) is 15.8. The summed E-state index contributed by atoms with van der Waals surface area (Å²) in [7, 11) is 1.57. The van der Waals surface area contributed by atoms with E-state index in [0.717, 1.165) is 5.56 Å². The van der Waals surface area contributed by atoms with Crippen molar-refractivity contribution in [1.29, 1.82) is 0 Å². The van der Waals surface area contributed by atoms with Crippen LogP contribution in [0.5, 0.6) is 0 Å². The summed E-state index contributed by atoms with van der Waals surface area (Å²) < 4.78 is 5.38. The van der Waals surface area contributed by atoms with Crippen LogP contribution in [0.3, 0.4) is 0 Å². The number of rotatable bonds is 2. The van der Waals surface area contributed by atoms with Gasteiger partial charge in [-0.1, -0.05) is 41.9 Å². The Balaban J connectivity index is 2.27. The average Bonchev–Trinajstić information content (AvgIpc) is 2.78. The lowest BCUT2D eigenvalue weighted by atomic mass is 10.0. The molecule has 1 atom stereocenters. The number of esters is 1. The van der Waals surface area contributed by atoms with Gasteiger partial charge in [-0.2, -0.15) is 0 Å². The topological polar surface area (TPSA) is 71.3 Å². The third-order valence-electron chi connectivity index (χ3n) is 4.06. The Morgan fingerprint density at radius 3 is 2.44 bits per heavy atom.